The van der Waals surface area contributed by atoms with Crippen molar-refractivity contribution in [2.45, 2.75) is 32.7 Å². The largest absolute Gasteiger partial charge is 0.394 e. The summed E-state index contributed by atoms with van der Waals surface area (Å²) in [6.07, 6.45) is 3.23. The smallest absolute Gasteiger partial charge is 0.226 e. The maximum Gasteiger partial charge on any atom is 0.226 e. The van der Waals surface area contributed by atoms with Gasteiger partial charge in [-0.2, -0.15) is 0 Å². The second-order valence-corrected chi connectivity index (χ2v) is 7.46. The highest BCUT2D eigenvalue weighted by molar-refractivity contribution is 5.86. The molecule has 26 heavy (non-hydrogen) atoms. The van der Waals surface area contributed by atoms with Gasteiger partial charge in [-0.3, -0.25) is 4.79 Å². The molecule has 4 nitrogen and oxygen atoms in total. The molecule has 0 saturated heterocycles. The molecule has 1 amide bonds. The molecule has 1 unspecified atom stereocenters. The van der Waals surface area contributed by atoms with Gasteiger partial charge in [0.2, 0.25) is 5.91 Å². The van der Waals surface area contributed by atoms with Crippen molar-refractivity contribution >= 4 is 16.8 Å². The van der Waals surface area contributed by atoms with Crippen molar-refractivity contribution in [3.05, 3.63) is 71.9 Å². The number of hydrogen-bond donors (Lipinski definition) is 3. The third-order valence-electron chi connectivity index (χ3n) is 4.80. The Balaban J connectivity index is 1.68. The summed E-state index contributed by atoms with van der Waals surface area (Å²) in [6, 6.07) is 17.7. The van der Waals surface area contributed by atoms with Gasteiger partial charge in [0.1, 0.15) is 0 Å². The molecule has 0 aliphatic rings. The number of aliphatic hydroxyl groups excluding tert-OH is 1. The Morgan fingerprint density at radius 1 is 1.12 bits per heavy atom. The van der Waals surface area contributed by atoms with E-state index in [1.54, 1.807) is 0 Å². The van der Waals surface area contributed by atoms with Gasteiger partial charge in [0.15, 0.2) is 0 Å². The minimum absolute atomic E-state index is 0.0437. The molecule has 136 valence electrons. The molecule has 0 bridgehead atoms. The standard InChI is InChI=1S/C22H26N2O2/c1-22(2,13-17-14-23-20-11-7-6-10-19(17)20)21(26)24-18(15-25)12-16-8-4-3-5-9-16/h3-11,14,18,23,25H,12-13,15H2,1-2H3,(H,24,26). The molecule has 0 aliphatic heterocycles. The van der Waals surface area contributed by atoms with Crippen LogP contribution in [-0.2, 0) is 17.6 Å². The molecule has 1 aromatic heterocycles. The van der Waals surface area contributed by atoms with Crippen LogP contribution >= 0.6 is 0 Å². The average Bonchev–Trinajstić information content (AvgIpc) is 3.04. The third-order valence-corrected chi connectivity index (χ3v) is 4.80. The van der Waals surface area contributed by atoms with E-state index in [0.29, 0.717) is 12.8 Å². The van der Waals surface area contributed by atoms with Gasteiger partial charge in [-0.15, -0.1) is 0 Å². The van der Waals surface area contributed by atoms with Crippen LogP contribution in [0.1, 0.15) is 25.0 Å². The lowest BCUT2D eigenvalue weighted by Gasteiger charge is -2.27. The van der Waals surface area contributed by atoms with E-state index in [1.807, 2.05) is 68.6 Å². The Hall–Kier alpha value is -2.59. The molecule has 1 heterocycles. The van der Waals surface area contributed by atoms with E-state index in [2.05, 4.69) is 16.4 Å². The van der Waals surface area contributed by atoms with Crippen LogP contribution in [0.4, 0.5) is 0 Å². The molecular formula is C22H26N2O2. The monoisotopic (exact) mass is 350 g/mol. The number of carbonyl (C=O) groups is 1. The number of rotatable bonds is 7. The fourth-order valence-corrected chi connectivity index (χ4v) is 3.27. The second kappa shape index (κ2) is 7.75. The van der Waals surface area contributed by atoms with Gasteiger partial charge in [-0.25, -0.2) is 0 Å². The number of nitrogens with one attached hydrogen (secondary N) is 2. The lowest BCUT2D eigenvalue weighted by Crippen LogP contribution is -2.46. The predicted molar refractivity (Wildman–Crippen MR) is 105 cm³/mol. The maximum atomic E-state index is 12.9. The summed E-state index contributed by atoms with van der Waals surface area (Å²) >= 11 is 0. The Kier molecular flexibility index (Phi) is 5.43. The molecule has 0 spiro atoms. The van der Waals surface area contributed by atoms with Crippen molar-refractivity contribution in [2.75, 3.05) is 6.61 Å². The summed E-state index contributed by atoms with van der Waals surface area (Å²) in [4.78, 5) is 16.1. The van der Waals surface area contributed by atoms with Crippen LogP contribution in [0.5, 0.6) is 0 Å². The zero-order chi connectivity index (χ0) is 18.6. The fraction of sp³-hybridized carbons (Fsp3) is 0.318. The average molecular weight is 350 g/mol. The minimum Gasteiger partial charge on any atom is -0.394 e. The van der Waals surface area contributed by atoms with Crippen molar-refractivity contribution < 1.29 is 9.90 Å². The molecule has 0 fully saturated rings. The highest BCUT2D eigenvalue weighted by Gasteiger charge is 2.30. The van der Waals surface area contributed by atoms with Crippen molar-refractivity contribution in [2.24, 2.45) is 5.41 Å². The number of aliphatic hydroxyl groups is 1. The van der Waals surface area contributed by atoms with Crippen molar-refractivity contribution in [3.8, 4) is 0 Å². The Morgan fingerprint density at radius 2 is 1.81 bits per heavy atom. The number of H-pyrrole nitrogens is 1. The van der Waals surface area contributed by atoms with E-state index >= 15 is 0 Å². The van der Waals surface area contributed by atoms with Crippen molar-refractivity contribution in [1.29, 1.82) is 0 Å². The number of amides is 1. The topological polar surface area (TPSA) is 65.1 Å². The zero-order valence-electron chi connectivity index (χ0n) is 15.3. The minimum atomic E-state index is -0.574. The fourth-order valence-electron chi connectivity index (χ4n) is 3.27. The van der Waals surface area contributed by atoms with Crippen LogP contribution < -0.4 is 5.32 Å². The van der Waals surface area contributed by atoms with Crippen LogP contribution in [-0.4, -0.2) is 28.6 Å². The van der Waals surface area contributed by atoms with E-state index in [-0.39, 0.29) is 18.6 Å². The van der Waals surface area contributed by atoms with E-state index < -0.39 is 5.41 Å². The van der Waals surface area contributed by atoms with Crippen LogP contribution in [0, 0.1) is 5.41 Å². The Bertz CT molecular complexity index is 868. The van der Waals surface area contributed by atoms with Gasteiger partial charge in [0, 0.05) is 22.5 Å². The first-order chi connectivity index (χ1) is 12.5. The lowest BCUT2D eigenvalue weighted by atomic mass is 9.84. The molecular weight excluding hydrogens is 324 g/mol. The first-order valence-corrected chi connectivity index (χ1v) is 9.00. The summed E-state index contributed by atoms with van der Waals surface area (Å²) in [5.41, 5.74) is 2.73. The van der Waals surface area contributed by atoms with Gasteiger partial charge in [-0.05, 0) is 30.0 Å². The number of para-hydroxylation sites is 1. The first kappa shape index (κ1) is 18.2. The van der Waals surface area contributed by atoms with Gasteiger partial charge >= 0.3 is 0 Å². The van der Waals surface area contributed by atoms with Crippen LogP contribution in [0.2, 0.25) is 0 Å². The highest BCUT2D eigenvalue weighted by atomic mass is 16.3. The molecule has 4 heteroatoms. The molecule has 1 atom stereocenters. The van der Waals surface area contributed by atoms with Gasteiger partial charge in [0.25, 0.3) is 0 Å². The summed E-state index contributed by atoms with van der Waals surface area (Å²) in [5, 5.41) is 13.8. The SMILES string of the molecule is CC(C)(Cc1c[nH]c2ccccc12)C(=O)NC(CO)Cc1ccccc1. The number of carbonyl (C=O) groups excluding carboxylic acids is 1. The molecule has 0 radical (unpaired) electrons. The molecule has 3 aromatic rings. The molecule has 3 rings (SSSR count). The molecule has 0 aliphatic carbocycles. The van der Waals surface area contributed by atoms with Crippen LogP contribution in [0.3, 0.4) is 0 Å². The van der Waals surface area contributed by atoms with Gasteiger partial charge < -0.3 is 15.4 Å². The normalized spacial score (nSPS) is 12.9. The number of aromatic amines is 1. The molecule has 2 aromatic carbocycles. The van der Waals surface area contributed by atoms with Gasteiger partial charge in [0.05, 0.1) is 12.6 Å². The van der Waals surface area contributed by atoms with E-state index in [4.69, 9.17) is 0 Å². The van der Waals surface area contributed by atoms with Crippen LogP contribution in [0.25, 0.3) is 10.9 Å². The van der Waals surface area contributed by atoms with E-state index in [9.17, 15) is 9.90 Å². The summed E-state index contributed by atoms with van der Waals surface area (Å²) in [5.74, 6) is -0.0437. The lowest BCUT2D eigenvalue weighted by molar-refractivity contribution is -0.130. The zero-order valence-corrected chi connectivity index (χ0v) is 15.3. The quantitative estimate of drug-likeness (QED) is 0.611. The molecule has 0 saturated carbocycles. The van der Waals surface area contributed by atoms with Crippen molar-refractivity contribution in [3.63, 3.8) is 0 Å². The second-order valence-electron chi connectivity index (χ2n) is 7.46. The van der Waals surface area contributed by atoms with E-state index in [1.165, 1.54) is 0 Å². The number of fused-ring (bicyclic) bond motifs is 1. The Morgan fingerprint density at radius 3 is 2.54 bits per heavy atom. The third kappa shape index (κ3) is 4.14. The summed E-state index contributed by atoms with van der Waals surface area (Å²) in [6.45, 7) is 3.81. The maximum absolute atomic E-state index is 12.9. The van der Waals surface area contributed by atoms with Gasteiger partial charge in [-0.1, -0.05) is 62.4 Å². The highest BCUT2D eigenvalue weighted by Crippen LogP contribution is 2.27. The molecule has 3 N–H and O–H groups in total. The predicted octanol–water partition coefficient (Wildman–Crippen LogP) is 3.46. The number of aromatic nitrogens is 1. The van der Waals surface area contributed by atoms with Crippen LogP contribution in [0.15, 0.2) is 60.8 Å². The van der Waals surface area contributed by atoms with E-state index in [0.717, 1.165) is 22.0 Å². The summed E-state index contributed by atoms with van der Waals surface area (Å²) in [7, 11) is 0. The first-order valence-electron chi connectivity index (χ1n) is 9.00. The summed E-state index contributed by atoms with van der Waals surface area (Å²) < 4.78 is 0. The number of benzene rings is 2. The Labute approximate surface area is 154 Å². The number of hydrogen-bond acceptors (Lipinski definition) is 2. The van der Waals surface area contributed by atoms with Crippen molar-refractivity contribution in [1.82, 2.24) is 10.3 Å².